The van der Waals surface area contributed by atoms with Crippen molar-refractivity contribution in [2.24, 2.45) is 0 Å². The van der Waals surface area contributed by atoms with E-state index >= 15 is 0 Å². The molecular formula is C26H47N4O2SY-. The number of thiol groups is 1. The number of hydrogen-bond donors (Lipinski definition) is 3. The summed E-state index contributed by atoms with van der Waals surface area (Å²) in [6.07, 6.45) is 6.38. The number of piperidine rings is 2. The summed E-state index contributed by atoms with van der Waals surface area (Å²) in [5.41, 5.74) is 2.32. The molecule has 4 rings (SSSR count). The molecule has 3 heterocycles. The Morgan fingerprint density at radius 1 is 1.06 bits per heavy atom. The van der Waals surface area contributed by atoms with Crippen molar-refractivity contribution >= 4 is 12.6 Å². The molecular weight excluding hydrogens is 521 g/mol. The second kappa shape index (κ2) is 17.7. The number of aliphatic hydroxyl groups excluding tert-OH is 1. The van der Waals surface area contributed by atoms with E-state index in [0.29, 0.717) is 18.7 Å². The number of nitrogens with one attached hydrogen (secondary N) is 1. The van der Waals surface area contributed by atoms with Crippen molar-refractivity contribution in [3.8, 4) is 5.75 Å². The number of aliphatic hydroxyl groups is 1. The molecule has 0 unspecified atom stereocenters. The van der Waals surface area contributed by atoms with Gasteiger partial charge in [-0.3, -0.25) is 0 Å². The summed E-state index contributed by atoms with van der Waals surface area (Å²) in [5, 5.41) is 16.4. The van der Waals surface area contributed by atoms with Gasteiger partial charge in [-0.25, -0.2) is 0 Å². The second-order valence-electron chi connectivity index (χ2n) is 9.73. The molecule has 0 aliphatic carbocycles. The van der Waals surface area contributed by atoms with Gasteiger partial charge >= 0.3 is 0 Å². The van der Waals surface area contributed by atoms with Gasteiger partial charge in [0.15, 0.2) is 0 Å². The number of methoxy groups -OCH3 is 1. The molecule has 2 N–H and O–H groups in total. The monoisotopic (exact) mass is 568 g/mol. The molecule has 8 heteroatoms. The Kier molecular flexibility index (Phi) is 16.8. The number of hydrogen-bond acceptors (Lipinski definition) is 6. The first-order chi connectivity index (χ1) is 15.8. The van der Waals surface area contributed by atoms with E-state index in [2.05, 4.69) is 47.0 Å². The van der Waals surface area contributed by atoms with E-state index in [0.717, 1.165) is 47.3 Å². The number of aryl methyl sites for hydroxylation is 2. The summed E-state index contributed by atoms with van der Waals surface area (Å²) in [5.74, 6) is 0.901. The predicted molar refractivity (Wildman–Crippen MR) is 142 cm³/mol. The second-order valence-corrected chi connectivity index (χ2v) is 10.2. The molecule has 1 aromatic carbocycles. The van der Waals surface area contributed by atoms with E-state index < -0.39 is 0 Å². The summed E-state index contributed by atoms with van der Waals surface area (Å²) < 4.78 is 5.10. The minimum atomic E-state index is 0. The van der Waals surface area contributed by atoms with Crippen LogP contribution >= 0.6 is 12.6 Å². The van der Waals surface area contributed by atoms with Crippen LogP contribution in [0.25, 0.3) is 5.32 Å². The zero-order valence-electron chi connectivity index (χ0n) is 22.1. The summed E-state index contributed by atoms with van der Waals surface area (Å²) in [6.45, 7) is 13.6. The van der Waals surface area contributed by atoms with Gasteiger partial charge in [-0.15, -0.1) is 25.7 Å². The molecule has 3 aliphatic rings. The van der Waals surface area contributed by atoms with E-state index in [-0.39, 0.29) is 32.7 Å². The molecule has 2 atom stereocenters. The Labute approximate surface area is 239 Å². The van der Waals surface area contributed by atoms with Crippen LogP contribution in [-0.4, -0.2) is 93.1 Å². The van der Waals surface area contributed by atoms with Crippen molar-refractivity contribution in [1.29, 1.82) is 0 Å². The number of benzene rings is 1. The van der Waals surface area contributed by atoms with Crippen molar-refractivity contribution in [2.45, 2.75) is 75.9 Å². The molecule has 3 aliphatic heterocycles. The fraction of sp³-hybridized carbons (Fsp3) is 0.769. The van der Waals surface area contributed by atoms with Crippen LogP contribution in [0, 0.1) is 13.8 Å². The molecule has 1 aromatic rings. The third kappa shape index (κ3) is 11.6. The molecule has 0 amide bonds. The SMILES string of the molecule is CN1CCC(N2CC[N-]CC2)CC1.COc1cc(C)c(S)c(C)c1.C[C@@H]1CCC[C@H](CO)N1.[Y]. The standard InChI is InChI=1S/C10H20N3.C9H12OS.C7H15NO.Y/c1-12-6-2-10(3-7-12)13-8-4-11-5-9-13;1-6-4-8(10-3)5-7(2)9(6)11;1-6-3-2-4-7(5-9)8-6;/h10H,2-9H2,1H3;4-5,11H,1-3H3;6-9H,2-5H2,1H3;/q-1;;;/t;;6-,7-;/m..1./s1. The Hall–Kier alpha value is 0.274. The van der Waals surface area contributed by atoms with Crippen molar-refractivity contribution in [3.05, 3.63) is 28.6 Å². The molecule has 34 heavy (non-hydrogen) atoms. The zero-order chi connectivity index (χ0) is 24.2. The van der Waals surface area contributed by atoms with Gasteiger partial charge in [0.1, 0.15) is 5.75 Å². The molecule has 0 bridgehead atoms. The molecule has 0 saturated carbocycles. The van der Waals surface area contributed by atoms with Crippen LogP contribution < -0.4 is 10.1 Å². The third-order valence-electron chi connectivity index (χ3n) is 6.93. The normalized spacial score (nSPS) is 24.1. The van der Waals surface area contributed by atoms with Crippen LogP contribution in [0.5, 0.6) is 5.75 Å². The Balaban J connectivity index is 0.000000256. The minimum Gasteiger partial charge on any atom is -0.660 e. The number of likely N-dealkylation sites (tertiary alicyclic amines) is 1. The van der Waals surface area contributed by atoms with Gasteiger partial charge in [-0.1, -0.05) is 6.42 Å². The van der Waals surface area contributed by atoms with Gasteiger partial charge < -0.3 is 30.3 Å². The summed E-state index contributed by atoms with van der Waals surface area (Å²) in [6, 6.07) is 5.79. The predicted octanol–water partition coefficient (Wildman–Crippen LogP) is 3.88. The third-order valence-corrected chi connectivity index (χ3v) is 7.63. The van der Waals surface area contributed by atoms with E-state index in [4.69, 9.17) is 9.84 Å². The van der Waals surface area contributed by atoms with Gasteiger partial charge in [0.25, 0.3) is 0 Å². The van der Waals surface area contributed by atoms with E-state index in [9.17, 15) is 0 Å². The van der Waals surface area contributed by atoms with Crippen molar-refractivity contribution < 1.29 is 42.6 Å². The number of piperazine rings is 1. The first kappa shape index (κ1) is 32.3. The molecule has 0 aromatic heterocycles. The largest absolute Gasteiger partial charge is 0.660 e. The van der Waals surface area contributed by atoms with Crippen LogP contribution in [-0.2, 0) is 32.7 Å². The van der Waals surface area contributed by atoms with E-state index in [1.54, 1.807) is 7.11 Å². The van der Waals surface area contributed by atoms with Crippen LogP contribution in [0.3, 0.4) is 0 Å². The van der Waals surface area contributed by atoms with Crippen LogP contribution in [0.1, 0.15) is 50.2 Å². The van der Waals surface area contributed by atoms with Crippen molar-refractivity contribution in [1.82, 2.24) is 15.1 Å². The molecule has 6 nitrogen and oxygen atoms in total. The summed E-state index contributed by atoms with van der Waals surface area (Å²) >= 11 is 4.34. The average Bonchev–Trinajstić information content (AvgIpc) is 2.84. The topological polar surface area (TPSA) is 62.1 Å². The average molecular weight is 569 g/mol. The Morgan fingerprint density at radius 3 is 2.12 bits per heavy atom. The van der Waals surface area contributed by atoms with E-state index in [1.165, 1.54) is 51.9 Å². The first-order valence-corrected chi connectivity index (χ1v) is 13.1. The maximum absolute atomic E-state index is 8.75. The number of rotatable bonds is 3. The van der Waals surface area contributed by atoms with Gasteiger partial charge in [0.2, 0.25) is 0 Å². The van der Waals surface area contributed by atoms with Crippen LogP contribution in [0.2, 0.25) is 0 Å². The van der Waals surface area contributed by atoms with Gasteiger partial charge in [-0.05, 0) is 103 Å². The minimum absolute atomic E-state index is 0. The summed E-state index contributed by atoms with van der Waals surface area (Å²) in [7, 11) is 3.90. The molecule has 3 fully saturated rings. The Morgan fingerprint density at radius 2 is 1.65 bits per heavy atom. The van der Waals surface area contributed by atoms with E-state index in [1.807, 2.05) is 26.0 Å². The smallest absolute Gasteiger partial charge is 0.119 e. The fourth-order valence-corrected chi connectivity index (χ4v) is 4.89. The quantitative estimate of drug-likeness (QED) is 0.484. The molecule has 193 valence electrons. The number of nitrogens with zero attached hydrogens (tertiary/aromatic N) is 3. The van der Waals surface area contributed by atoms with Crippen LogP contribution in [0.15, 0.2) is 17.0 Å². The molecule has 3 saturated heterocycles. The molecule has 1 radical (unpaired) electrons. The number of ether oxygens (including phenoxy) is 1. The molecule has 0 spiro atoms. The Bertz CT molecular complexity index is 660. The maximum atomic E-state index is 8.75. The van der Waals surface area contributed by atoms with Gasteiger partial charge in [0.05, 0.1) is 13.7 Å². The van der Waals surface area contributed by atoms with Crippen molar-refractivity contribution in [2.75, 3.05) is 60.0 Å². The zero-order valence-corrected chi connectivity index (χ0v) is 25.8. The van der Waals surface area contributed by atoms with Crippen molar-refractivity contribution in [3.63, 3.8) is 0 Å². The van der Waals surface area contributed by atoms with Gasteiger partial charge in [0, 0.05) is 55.7 Å². The fourth-order valence-electron chi connectivity index (χ4n) is 4.76. The maximum Gasteiger partial charge on any atom is 0.119 e. The first-order valence-electron chi connectivity index (χ1n) is 12.6. The summed E-state index contributed by atoms with van der Waals surface area (Å²) in [4.78, 5) is 6.12. The van der Waals surface area contributed by atoms with Crippen LogP contribution in [0.4, 0.5) is 0 Å². The van der Waals surface area contributed by atoms with Gasteiger partial charge in [-0.2, -0.15) is 0 Å².